The summed E-state index contributed by atoms with van der Waals surface area (Å²) in [5.74, 6) is 1.09. The van der Waals surface area contributed by atoms with E-state index in [2.05, 4.69) is 12.2 Å². The minimum Gasteiger partial charge on any atom is -0.484 e. The van der Waals surface area contributed by atoms with Gasteiger partial charge in [-0.15, -0.1) is 0 Å². The Kier molecular flexibility index (Phi) is 7.47. The summed E-state index contributed by atoms with van der Waals surface area (Å²) in [6.45, 7) is 2.98. The third kappa shape index (κ3) is 5.46. The average Bonchev–Trinajstić information content (AvgIpc) is 3.05. The van der Waals surface area contributed by atoms with E-state index in [0.717, 1.165) is 12.8 Å². The van der Waals surface area contributed by atoms with Crippen LogP contribution in [0.3, 0.4) is 0 Å². The molecule has 1 N–H and O–H groups in total. The number of ether oxygens (including phenoxy) is 1. The van der Waals surface area contributed by atoms with Crippen molar-refractivity contribution < 1.29 is 13.9 Å². The molecule has 0 saturated heterocycles. The molecule has 0 fully saturated rings. The van der Waals surface area contributed by atoms with Crippen LogP contribution in [0.4, 0.5) is 0 Å². The second-order valence-electron chi connectivity index (χ2n) is 5.42. The number of rotatable bonds is 9. The monoisotopic (exact) mass is 369 g/mol. The van der Waals surface area contributed by atoms with Gasteiger partial charge >= 0.3 is 0 Å². The van der Waals surface area contributed by atoms with E-state index in [1.54, 1.807) is 30.3 Å². The summed E-state index contributed by atoms with van der Waals surface area (Å²) in [6, 6.07) is 8.51. The average molecular weight is 370 g/mol. The van der Waals surface area contributed by atoms with Crippen molar-refractivity contribution in [1.29, 1.82) is 0 Å². The first-order chi connectivity index (χ1) is 11.6. The van der Waals surface area contributed by atoms with Gasteiger partial charge in [-0.2, -0.15) is 0 Å². The molecule has 4 nitrogen and oxygen atoms in total. The molecule has 130 valence electrons. The van der Waals surface area contributed by atoms with Crippen LogP contribution in [0, 0.1) is 0 Å². The maximum absolute atomic E-state index is 12.0. The Labute approximate surface area is 152 Å². The fourth-order valence-electron chi connectivity index (χ4n) is 2.16. The number of furan rings is 1. The molecule has 0 aliphatic carbocycles. The molecule has 1 aromatic heterocycles. The molecule has 0 bridgehead atoms. The lowest BCUT2D eigenvalue weighted by molar-refractivity contribution is 0.0921. The Morgan fingerprint density at radius 3 is 2.79 bits per heavy atom. The van der Waals surface area contributed by atoms with Crippen molar-refractivity contribution in [3.63, 3.8) is 0 Å². The molecule has 1 aromatic carbocycles. The third-order valence-electron chi connectivity index (χ3n) is 3.49. The minimum absolute atomic E-state index is 0.170. The number of benzene rings is 1. The second-order valence-corrected chi connectivity index (χ2v) is 6.21. The zero-order chi connectivity index (χ0) is 17.4. The summed E-state index contributed by atoms with van der Waals surface area (Å²) < 4.78 is 11.1. The van der Waals surface area contributed by atoms with E-state index < -0.39 is 0 Å². The smallest absolute Gasteiger partial charge is 0.286 e. The van der Waals surface area contributed by atoms with Gasteiger partial charge < -0.3 is 14.5 Å². The lowest BCUT2D eigenvalue weighted by atomic mass is 10.2. The molecular weight excluding hydrogens is 349 g/mol. The Morgan fingerprint density at radius 2 is 2.00 bits per heavy atom. The summed E-state index contributed by atoms with van der Waals surface area (Å²) >= 11 is 12.0. The van der Waals surface area contributed by atoms with Crippen molar-refractivity contribution in [3.8, 4) is 5.75 Å². The summed E-state index contributed by atoms with van der Waals surface area (Å²) in [5, 5.41) is 3.63. The summed E-state index contributed by atoms with van der Waals surface area (Å²) in [5.41, 5.74) is 0. The van der Waals surface area contributed by atoms with Gasteiger partial charge in [-0.05, 0) is 30.7 Å². The zero-order valence-electron chi connectivity index (χ0n) is 13.6. The number of halogens is 2. The molecular formula is C18H21Cl2NO3. The molecule has 6 heteroatoms. The molecule has 0 aliphatic rings. The van der Waals surface area contributed by atoms with Crippen LogP contribution in [0.25, 0.3) is 0 Å². The normalized spacial score (nSPS) is 10.6. The van der Waals surface area contributed by atoms with Gasteiger partial charge in [0.15, 0.2) is 5.76 Å². The number of nitrogens with one attached hydrogen (secondary N) is 1. The van der Waals surface area contributed by atoms with E-state index in [9.17, 15) is 4.79 Å². The topological polar surface area (TPSA) is 51.5 Å². The first-order valence-corrected chi connectivity index (χ1v) is 8.81. The van der Waals surface area contributed by atoms with Crippen molar-refractivity contribution in [1.82, 2.24) is 5.32 Å². The van der Waals surface area contributed by atoms with Crippen molar-refractivity contribution >= 4 is 29.1 Å². The number of carbonyl (C=O) groups excluding carboxylic acids is 1. The van der Waals surface area contributed by atoms with Crippen molar-refractivity contribution in [2.24, 2.45) is 0 Å². The fraction of sp³-hybridized carbons (Fsp3) is 0.389. The van der Waals surface area contributed by atoms with E-state index in [1.807, 2.05) is 0 Å². The Morgan fingerprint density at radius 1 is 1.17 bits per heavy atom. The molecule has 0 spiro atoms. The molecule has 0 atom stereocenters. The van der Waals surface area contributed by atoms with Gasteiger partial charge in [0.1, 0.15) is 23.1 Å². The molecule has 0 saturated carbocycles. The number of amides is 1. The van der Waals surface area contributed by atoms with E-state index in [-0.39, 0.29) is 18.3 Å². The molecule has 0 aliphatic heterocycles. The highest BCUT2D eigenvalue weighted by molar-refractivity contribution is 6.42. The minimum atomic E-state index is -0.210. The fourth-order valence-corrected chi connectivity index (χ4v) is 2.51. The standard InChI is InChI=1S/C18H21Cl2NO3/c1-2-3-4-5-11-21-18(22)16-10-9-13(24-16)12-23-15-8-6-7-14(19)17(15)20/h6-10H,2-5,11-12H2,1H3,(H,21,22). The van der Waals surface area contributed by atoms with Crippen LogP contribution in [-0.2, 0) is 6.61 Å². The van der Waals surface area contributed by atoms with Gasteiger partial charge in [0.05, 0.1) is 5.02 Å². The first kappa shape index (κ1) is 18.7. The molecule has 2 aromatic rings. The van der Waals surface area contributed by atoms with Crippen LogP contribution in [0.5, 0.6) is 5.75 Å². The highest BCUT2D eigenvalue weighted by Crippen LogP contribution is 2.32. The molecule has 0 radical (unpaired) electrons. The molecule has 1 amide bonds. The van der Waals surface area contributed by atoms with Crippen LogP contribution < -0.4 is 10.1 Å². The third-order valence-corrected chi connectivity index (χ3v) is 4.29. The zero-order valence-corrected chi connectivity index (χ0v) is 15.1. The quantitative estimate of drug-likeness (QED) is 0.595. The molecule has 0 unspecified atom stereocenters. The Bertz CT molecular complexity index is 670. The predicted molar refractivity (Wildman–Crippen MR) is 96.0 cm³/mol. The van der Waals surface area contributed by atoms with Gasteiger partial charge in [-0.1, -0.05) is 55.5 Å². The lowest BCUT2D eigenvalue weighted by Crippen LogP contribution is -2.23. The van der Waals surface area contributed by atoms with E-state index in [4.69, 9.17) is 32.4 Å². The van der Waals surface area contributed by atoms with E-state index in [0.29, 0.717) is 28.1 Å². The van der Waals surface area contributed by atoms with Gasteiger partial charge in [0.2, 0.25) is 0 Å². The van der Waals surface area contributed by atoms with Crippen LogP contribution in [0.1, 0.15) is 48.9 Å². The van der Waals surface area contributed by atoms with Gasteiger partial charge in [0.25, 0.3) is 5.91 Å². The van der Waals surface area contributed by atoms with Crippen molar-refractivity contribution in [2.45, 2.75) is 39.2 Å². The summed E-state index contributed by atoms with van der Waals surface area (Å²) in [7, 11) is 0. The van der Waals surface area contributed by atoms with Gasteiger partial charge in [0, 0.05) is 6.54 Å². The predicted octanol–water partition coefficient (Wildman–Crippen LogP) is 5.48. The highest BCUT2D eigenvalue weighted by atomic mass is 35.5. The number of unbranched alkanes of at least 4 members (excludes halogenated alkanes) is 3. The number of carbonyl (C=O) groups is 1. The molecule has 1 heterocycles. The largest absolute Gasteiger partial charge is 0.484 e. The summed E-state index contributed by atoms with van der Waals surface area (Å²) in [4.78, 5) is 12.0. The van der Waals surface area contributed by atoms with E-state index in [1.165, 1.54) is 12.8 Å². The Balaban J connectivity index is 1.82. The highest BCUT2D eigenvalue weighted by Gasteiger charge is 2.12. The second kappa shape index (κ2) is 9.60. The summed E-state index contributed by atoms with van der Waals surface area (Å²) in [6.07, 6.45) is 4.45. The van der Waals surface area contributed by atoms with E-state index >= 15 is 0 Å². The van der Waals surface area contributed by atoms with Crippen LogP contribution in [0.2, 0.25) is 10.0 Å². The van der Waals surface area contributed by atoms with Crippen molar-refractivity contribution in [3.05, 3.63) is 51.9 Å². The van der Waals surface area contributed by atoms with Crippen LogP contribution in [0.15, 0.2) is 34.7 Å². The number of hydrogen-bond donors (Lipinski definition) is 1. The SMILES string of the molecule is CCCCCCNC(=O)c1ccc(COc2cccc(Cl)c2Cl)o1. The van der Waals surface area contributed by atoms with Crippen LogP contribution >= 0.6 is 23.2 Å². The van der Waals surface area contributed by atoms with Crippen LogP contribution in [-0.4, -0.2) is 12.5 Å². The molecule has 24 heavy (non-hydrogen) atoms. The maximum atomic E-state index is 12.0. The van der Waals surface area contributed by atoms with Gasteiger partial charge in [-0.25, -0.2) is 0 Å². The lowest BCUT2D eigenvalue weighted by Gasteiger charge is -2.07. The molecule has 2 rings (SSSR count). The van der Waals surface area contributed by atoms with Crippen molar-refractivity contribution in [2.75, 3.05) is 6.54 Å². The Hall–Kier alpha value is -1.65. The first-order valence-electron chi connectivity index (χ1n) is 8.05. The van der Waals surface area contributed by atoms with Gasteiger partial charge in [-0.3, -0.25) is 4.79 Å². The maximum Gasteiger partial charge on any atom is 0.286 e. The number of hydrogen-bond acceptors (Lipinski definition) is 3.